The molecule has 0 bridgehead atoms. The van der Waals surface area contributed by atoms with Crippen molar-refractivity contribution in [2.45, 2.75) is 19.8 Å². The summed E-state index contributed by atoms with van der Waals surface area (Å²) in [5.74, 6) is -0.642. The molecular weight excluding hydrogens is 278 g/mol. The first-order valence-electron chi connectivity index (χ1n) is 5.48. The minimum absolute atomic E-state index is 0.0556. The van der Waals surface area contributed by atoms with Crippen LogP contribution in [0.1, 0.15) is 25.3 Å². The first-order valence-corrected chi connectivity index (χ1v) is 6.24. The van der Waals surface area contributed by atoms with Crippen molar-refractivity contribution >= 4 is 34.8 Å². The molecule has 0 unspecified atom stereocenters. The zero-order valence-corrected chi connectivity index (χ0v) is 11.1. The zero-order valence-electron chi connectivity index (χ0n) is 9.64. The monoisotopic (exact) mass is 288 g/mol. The highest BCUT2D eigenvalue weighted by molar-refractivity contribution is 6.40. The van der Waals surface area contributed by atoms with Crippen molar-refractivity contribution < 1.29 is 9.18 Å². The molecular formula is C12H11Cl2FN2O. The summed E-state index contributed by atoms with van der Waals surface area (Å²) in [5, 5.41) is 4.10. The number of benzene rings is 1. The maximum atomic E-state index is 13.3. The van der Waals surface area contributed by atoms with Gasteiger partial charge in [-0.2, -0.15) is 5.10 Å². The van der Waals surface area contributed by atoms with Crippen molar-refractivity contribution in [2.24, 2.45) is 11.0 Å². The van der Waals surface area contributed by atoms with Gasteiger partial charge in [-0.25, -0.2) is 9.82 Å². The minimum Gasteiger partial charge on any atom is -0.273 e. The van der Waals surface area contributed by atoms with Crippen molar-refractivity contribution in [3.8, 4) is 0 Å². The fourth-order valence-electron chi connectivity index (χ4n) is 1.49. The number of carbonyl (C=O) groups excluding carboxylic acids is 1. The van der Waals surface area contributed by atoms with Crippen LogP contribution in [0.5, 0.6) is 0 Å². The summed E-state index contributed by atoms with van der Waals surface area (Å²) in [5.41, 5.74) is 3.10. The van der Waals surface area contributed by atoms with E-state index >= 15 is 0 Å². The lowest BCUT2D eigenvalue weighted by Crippen LogP contribution is -2.20. The van der Waals surface area contributed by atoms with Crippen LogP contribution in [0.4, 0.5) is 4.39 Å². The van der Waals surface area contributed by atoms with Gasteiger partial charge in [0.2, 0.25) is 5.91 Å². The van der Waals surface area contributed by atoms with Gasteiger partial charge < -0.3 is 0 Å². The second kappa shape index (κ2) is 5.24. The Morgan fingerprint density at radius 3 is 2.72 bits per heavy atom. The van der Waals surface area contributed by atoms with E-state index in [2.05, 4.69) is 10.5 Å². The lowest BCUT2D eigenvalue weighted by atomic mass is 10.1. The van der Waals surface area contributed by atoms with Crippen molar-refractivity contribution in [3.05, 3.63) is 33.6 Å². The summed E-state index contributed by atoms with van der Waals surface area (Å²) >= 11 is 11.8. The smallest absolute Gasteiger partial charge is 0.243 e. The van der Waals surface area contributed by atoms with Gasteiger partial charge in [0.1, 0.15) is 5.82 Å². The molecule has 1 amide bonds. The number of nitrogens with zero attached hydrogens (tertiary/aromatic N) is 1. The van der Waals surface area contributed by atoms with E-state index in [0.717, 1.165) is 12.8 Å². The number of carbonyl (C=O) groups is 1. The molecule has 1 N–H and O–H groups in total. The van der Waals surface area contributed by atoms with Crippen LogP contribution in [-0.4, -0.2) is 11.6 Å². The van der Waals surface area contributed by atoms with Crippen LogP contribution in [0.15, 0.2) is 17.2 Å². The molecule has 1 aliphatic rings. The molecule has 0 aliphatic heterocycles. The molecule has 3 nitrogen and oxygen atoms in total. The van der Waals surface area contributed by atoms with Gasteiger partial charge in [-0.1, -0.05) is 23.2 Å². The molecule has 1 aliphatic carbocycles. The Bertz CT molecular complexity index is 527. The van der Waals surface area contributed by atoms with E-state index in [9.17, 15) is 9.18 Å². The first kappa shape index (κ1) is 13.3. The third-order valence-corrected chi connectivity index (χ3v) is 3.37. The van der Waals surface area contributed by atoms with Crippen LogP contribution < -0.4 is 5.43 Å². The molecule has 0 saturated heterocycles. The normalized spacial score (nSPS) is 15.7. The Labute approximate surface area is 114 Å². The maximum absolute atomic E-state index is 13.3. The van der Waals surface area contributed by atoms with Crippen molar-refractivity contribution in [1.82, 2.24) is 5.43 Å². The second-order valence-electron chi connectivity index (χ2n) is 4.17. The summed E-state index contributed by atoms with van der Waals surface area (Å²) in [6.45, 7) is 1.61. The van der Waals surface area contributed by atoms with Crippen LogP contribution >= 0.6 is 23.2 Å². The lowest BCUT2D eigenvalue weighted by molar-refractivity contribution is -0.122. The van der Waals surface area contributed by atoms with Crippen LogP contribution in [0, 0.1) is 11.7 Å². The van der Waals surface area contributed by atoms with Crippen LogP contribution in [0.2, 0.25) is 10.0 Å². The fourth-order valence-corrected chi connectivity index (χ4v) is 2.13. The average Bonchev–Trinajstić information content (AvgIpc) is 3.15. The fraction of sp³-hybridized carbons (Fsp3) is 0.333. The molecule has 0 aromatic heterocycles. The van der Waals surface area contributed by atoms with Gasteiger partial charge in [-0.3, -0.25) is 4.79 Å². The number of rotatable bonds is 3. The molecule has 1 fully saturated rings. The molecule has 6 heteroatoms. The van der Waals surface area contributed by atoms with Crippen molar-refractivity contribution in [2.75, 3.05) is 0 Å². The van der Waals surface area contributed by atoms with Gasteiger partial charge in [0.05, 0.1) is 15.8 Å². The highest BCUT2D eigenvalue weighted by atomic mass is 35.5. The standard InChI is InChI=1S/C12H11Cl2FN2O/c1-6(16-17-12(18)7-2-3-7)10-8(13)4-5-9(15)11(10)14/h4-5,7H,2-3H2,1H3,(H,17,18)/b16-6-. The highest BCUT2D eigenvalue weighted by Gasteiger charge is 2.29. The second-order valence-corrected chi connectivity index (χ2v) is 4.95. The first-order chi connectivity index (χ1) is 8.50. The number of hydrogen-bond donors (Lipinski definition) is 1. The molecule has 18 heavy (non-hydrogen) atoms. The minimum atomic E-state index is -0.570. The largest absolute Gasteiger partial charge is 0.273 e. The lowest BCUT2D eigenvalue weighted by Gasteiger charge is -2.07. The topological polar surface area (TPSA) is 41.5 Å². The quantitative estimate of drug-likeness (QED) is 0.517. The van der Waals surface area contributed by atoms with Gasteiger partial charge in [0.15, 0.2) is 0 Å². The van der Waals surface area contributed by atoms with Crippen LogP contribution in [0.3, 0.4) is 0 Å². The van der Waals surface area contributed by atoms with Gasteiger partial charge >= 0.3 is 0 Å². The van der Waals surface area contributed by atoms with Gasteiger partial charge in [0, 0.05) is 11.5 Å². The Kier molecular flexibility index (Phi) is 3.88. The Balaban J connectivity index is 2.21. The molecule has 0 radical (unpaired) electrons. The van der Waals surface area contributed by atoms with Crippen molar-refractivity contribution in [3.63, 3.8) is 0 Å². The number of nitrogens with one attached hydrogen (secondary N) is 1. The summed E-state index contributed by atoms with van der Waals surface area (Å²) in [6, 6.07) is 2.59. The Hall–Kier alpha value is -1.13. The van der Waals surface area contributed by atoms with E-state index in [1.807, 2.05) is 0 Å². The van der Waals surface area contributed by atoms with Crippen molar-refractivity contribution in [1.29, 1.82) is 0 Å². The third-order valence-electron chi connectivity index (χ3n) is 2.69. The van der Waals surface area contributed by atoms with Gasteiger partial charge in [-0.15, -0.1) is 0 Å². The summed E-state index contributed by atoms with van der Waals surface area (Å²) in [6.07, 6.45) is 1.78. The zero-order chi connectivity index (χ0) is 13.3. The summed E-state index contributed by atoms with van der Waals surface area (Å²) in [4.78, 5) is 11.4. The van der Waals surface area contributed by atoms with Gasteiger partial charge in [0.25, 0.3) is 0 Å². The van der Waals surface area contributed by atoms with E-state index in [-0.39, 0.29) is 16.8 Å². The molecule has 0 spiro atoms. The molecule has 1 saturated carbocycles. The predicted octanol–water partition coefficient (Wildman–Crippen LogP) is 3.38. The van der Waals surface area contributed by atoms with E-state index < -0.39 is 5.82 Å². The molecule has 96 valence electrons. The van der Waals surface area contributed by atoms with Crippen LogP contribution in [0.25, 0.3) is 0 Å². The van der Waals surface area contributed by atoms with E-state index in [1.165, 1.54) is 12.1 Å². The van der Waals surface area contributed by atoms with Crippen LogP contribution in [-0.2, 0) is 4.79 Å². The predicted molar refractivity (Wildman–Crippen MR) is 69.5 cm³/mol. The summed E-state index contributed by atoms with van der Waals surface area (Å²) in [7, 11) is 0. The SMILES string of the molecule is C/C(=N/NC(=O)C1CC1)c1c(Cl)ccc(F)c1Cl. The van der Waals surface area contributed by atoms with E-state index in [4.69, 9.17) is 23.2 Å². The maximum Gasteiger partial charge on any atom is 0.243 e. The number of hydrazone groups is 1. The third kappa shape index (κ3) is 2.82. The van der Waals surface area contributed by atoms with Gasteiger partial charge in [-0.05, 0) is 31.9 Å². The molecule has 2 rings (SSSR count). The molecule has 1 aromatic carbocycles. The average molecular weight is 289 g/mol. The Morgan fingerprint density at radius 1 is 1.44 bits per heavy atom. The number of hydrogen-bond acceptors (Lipinski definition) is 2. The Morgan fingerprint density at radius 2 is 2.11 bits per heavy atom. The molecule has 0 atom stereocenters. The van der Waals surface area contributed by atoms with E-state index in [1.54, 1.807) is 6.92 Å². The number of halogens is 3. The highest BCUT2D eigenvalue weighted by Crippen LogP contribution is 2.29. The summed E-state index contributed by atoms with van der Waals surface area (Å²) < 4.78 is 13.3. The molecule has 1 aromatic rings. The van der Waals surface area contributed by atoms with E-state index in [0.29, 0.717) is 16.3 Å². The number of amides is 1. The molecule has 0 heterocycles.